The van der Waals surface area contributed by atoms with Crippen LogP contribution in [0.1, 0.15) is 62.2 Å². The van der Waals surface area contributed by atoms with Crippen LogP contribution >= 0.6 is 22.6 Å². The van der Waals surface area contributed by atoms with Crippen LogP contribution in [0.15, 0.2) is 41.3 Å². The molecule has 0 aliphatic heterocycles. The lowest BCUT2D eigenvalue weighted by Gasteiger charge is -2.35. The topological polar surface area (TPSA) is 137 Å². The Morgan fingerprint density at radius 3 is 2.33 bits per heavy atom. The molecule has 0 radical (unpaired) electrons. The third-order valence-electron chi connectivity index (χ3n) is 8.39. The van der Waals surface area contributed by atoms with Crippen LogP contribution < -0.4 is 20.1 Å². The molecule has 2 fully saturated rings. The van der Waals surface area contributed by atoms with E-state index in [1.54, 1.807) is 0 Å². The van der Waals surface area contributed by atoms with Gasteiger partial charge in [-0.05, 0) is 69.7 Å². The average molecular weight is 767 g/mol. The van der Waals surface area contributed by atoms with Gasteiger partial charge in [-0.25, -0.2) is 12.8 Å². The quantitative estimate of drug-likeness (QED) is 0.181. The minimum Gasteiger partial charge on any atom is -0.496 e. The monoisotopic (exact) mass is 766 g/mol. The third kappa shape index (κ3) is 7.67. The zero-order valence-corrected chi connectivity index (χ0v) is 27.8. The Bertz CT molecular complexity index is 1560. The number of benzene rings is 2. The van der Waals surface area contributed by atoms with Crippen molar-refractivity contribution in [1.29, 1.82) is 0 Å². The number of ether oxygens (including phenoxy) is 3. The molecule has 2 aromatic rings. The average Bonchev–Trinajstić information content (AvgIpc) is 3.46. The molecule has 2 saturated carbocycles. The van der Waals surface area contributed by atoms with Gasteiger partial charge in [-0.15, -0.1) is 0 Å². The van der Waals surface area contributed by atoms with E-state index in [4.69, 9.17) is 14.2 Å². The van der Waals surface area contributed by atoms with E-state index in [0.717, 1.165) is 18.2 Å². The summed E-state index contributed by atoms with van der Waals surface area (Å²) in [4.78, 5) is 38.1. The number of carbonyl (C=O) groups is 3. The molecule has 0 unspecified atom stereocenters. The number of amides is 2. The maximum absolute atomic E-state index is 15.0. The molecule has 2 N–H and O–H groups in total. The standard InChI is InChI=1S/C30H34F3IN2O8S/c1-29(28(39)43-3)12-10-18(11-13-29)44-25-15-21(24(42-2)16-22(25)31)27(38)36-23-9-5-8-20(23)26(37)35-17-6-4-7-19(14-17)45(40,41)30(32,33)34/h4,6-7,14-16,18,20,23H,5,8-13H2,1-3H3,(H,35,37)(H,36,38)/t18?,20-,23+,29?/m1/s1. The van der Waals surface area contributed by atoms with Crippen molar-refractivity contribution in [3.05, 3.63) is 47.8 Å². The van der Waals surface area contributed by atoms with Crippen LogP contribution in [-0.4, -0.2) is 55.8 Å². The zero-order chi connectivity index (χ0) is 33.2. The smallest absolute Gasteiger partial charge is 0.398 e. The number of hydrogen-bond donors (Lipinski definition) is 2. The van der Waals surface area contributed by atoms with Crippen LogP contribution in [0.25, 0.3) is 0 Å². The molecular formula is C30H34F3IN2O8S. The van der Waals surface area contributed by atoms with Crippen molar-refractivity contribution in [3.63, 3.8) is 0 Å². The molecule has 45 heavy (non-hydrogen) atoms. The van der Waals surface area contributed by atoms with E-state index in [9.17, 15) is 36.0 Å². The summed E-state index contributed by atoms with van der Waals surface area (Å²) >= 11 is 0.534. The molecule has 15 heteroatoms. The van der Waals surface area contributed by atoms with Gasteiger partial charge < -0.3 is 24.8 Å². The van der Waals surface area contributed by atoms with Gasteiger partial charge in [0.1, 0.15) is 5.75 Å². The fraction of sp³-hybridized carbons (Fsp3) is 0.500. The Morgan fingerprint density at radius 2 is 1.71 bits per heavy atom. The van der Waals surface area contributed by atoms with Crippen molar-refractivity contribution < 1.29 is 50.2 Å². The molecule has 2 amide bonds. The van der Waals surface area contributed by atoms with Crippen LogP contribution in [0.3, 0.4) is 0 Å². The van der Waals surface area contributed by atoms with Gasteiger partial charge in [0.2, 0.25) is 5.91 Å². The van der Waals surface area contributed by atoms with E-state index in [0.29, 0.717) is 67.5 Å². The molecule has 0 aromatic heterocycles. The zero-order valence-electron chi connectivity index (χ0n) is 24.8. The molecule has 0 spiro atoms. The Labute approximate surface area is 272 Å². The second-order valence-corrected chi connectivity index (χ2v) is 15.5. The molecule has 2 aliphatic carbocycles. The number of nitrogens with one attached hydrogen (secondary N) is 2. The van der Waals surface area contributed by atoms with Crippen LogP contribution in [0, 0.1) is 17.2 Å². The van der Waals surface area contributed by atoms with Crippen LogP contribution in [0.2, 0.25) is 0 Å². The van der Waals surface area contributed by atoms with Gasteiger partial charge in [0.25, 0.3) is 15.7 Å². The van der Waals surface area contributed by atoms with E-state index >= 15 is 0 Å². The lowest BCUT2D eigenvalue weighted by Crippen LogP contribution is -2.42. The highest BCUT2D eigenvalue weighted by Gasteiger charge is 2.43. The van der Waals surface area contributed by atoms with E-state index in [1.165, 1.54) is 32.4 Å². The molecule has 0 saturated heterocycles. The molecule has 2 aliphatic rings. The Balaban J connectivity index is 1.45. The minimum atomic E-state index is -4.97. The Kier molecular flexibility index (Phi) is 10.6. The molecule has 246 valence electrons. The highest BCUT2D eigenvalue weighted by molar-refractivity contribution is 14.1. The summed E-state index contributed by atoms with van der Waals surface area (Å²) in [5.41, 5.74) is -0.643. The van der Waals surface area contributed by atoms with Crippen LogP contribution in [0.5, 0.6) is 11.5 Å². The highest BCUT2D eigenvalue weighted by atomic mass is 127. The number of sulfone groups is 1. The number of rotatable bonds is 10. The summed E-state index contributed by atoms with van der Waals surface area (Å²) < 4.78 is 78.6. The lowest BCUT2D eigenvalue weighted by molar-refractivity contribution is -0.154. The summed E-state index contributed by atoms with van der Waals surface area (Å²) in [5.74, 6) is -3.10. The molecule has 0 bridgehead atoms. The van der Waals surface area contributed by atoms with E-state index in [1.807, 2.05) is 6.92 Å². The first kappa shape index (κ1) is 34.8. The molecule has 0 heterocycles. The van der Waals surface area contributed by atoms with Crippen molar-refractivity contribution in [2.75, 3.05) is 19.5 Å². The summed E-state index contributed by atoms with van der Waals surface area (Å²) in [6.07, 6.45) is 3.01. The summed E-state index contributed by atoms with van der Waals surface area (Å²) in [6, 6.07) is 6.24. The largest absolute Gasteiger partial charge is 0.496 e. The van der Waals surface area contributed by atoms with Gasteiger partial charge >= 0.3 is 9.23 Å². The third-order valence-corrected chi connectivity index (χ3v) is 11.6. The maximum atomic E-state index is 15.0. The SMILES string of the molecule is COC(=O)C1(C)CCC(Oc2cc(C(=O)N[C@H]3CCC[C@H]3C(=O)Nc3cccc(S(=O)(=O)C(F)(F)I)c3)c(OC)cc2F)CC1. The van der Waals surface area contributed by atoms with Crippen LogP contribution in [0.4, 0.5) is 18.9 Å². The number of halogens is 4. The van der Waals surface area contributed by atoms with Crippen molar-refractivity contribution in [1.82, 2.24) is 5.32 Å². The van der Waals surface area contributed by atoms with Crippen molar-refractivity contribution in [3.8, 4) is 11.5 Å². The van der Waals surface area contributed by atoms with E-state index in [2.05, 4.69) is 10.6 Å². The second-order valence-electron chi connectivity index (χ2n) is 11.4. The molecule has 2 aromatic carbocycles. The first-order valence-corrected chi connectivity index (χ1v) is 16.8. The first-order chi connectivity index (χ1) is 21.1. The lowest BCUT2D eigenvalue weighted by atomic mass is 9.75. The molecule has 2 atom stereocenters. The number of methoxy groups -OCH3 is 2. The van der Waals surface area contributed by atoms with Gasteiger partial charge in [-0.3, -0.25) is 14.4 Å². The Morgan fingerprint density at radius 1 is 1.02 bits per heavy atom. The fourth-order valence-electron chi connectivity index (χ4n) is 5.75. The van der Waals surface area contributed by atoms with E-state index < -0.39 is 53.0 Å². The normalized spacial score (nSPS) is 23.6. The maximum Gasteiger partial charge on any atom is 0.398 e. The van der Waals surface area contributed by atoms with Crippen LogP contribution in [-0.2, 0) is 24.2 Å². The fourth-order valence-corrected chi connectivity index (χ4v) is 7.32. The summed E-state index contributed by atoms with van der Waals surface area (Å²) in [7, 11) is -2.34. The number of anilines is 1. The van der Waals surface area contributed by atoms with Gasteiger partial charge in [0.15, 0.2) is 11.6 Å². The number of hydrogen-bond acceptors (Lipinski definition) is 8. The molecule has 4 rings (SSSR count). The number of carbonyl (C=O) groups excluding carboxylic acids is 3. The second kappa shape index (κ2) is 13.7. The van der Waals surface area contributed by atoms with Crippen molar-refractivity contribution >= 4 is 55.9 Å². The first-order valence-electron chi connectivity index (χ1n) is 14.3. The molecular weight excluding hydrogens is 732 g/mol. The predicted molar refractivity (Wildman–Crippen MR) is 166 cm³/mol. The summed E-state index contributed by atoms with van der Waals surface area (Å²) in [6.45, 7) is 1.82. The highest BCUT2D eigenvalue weighted by Crippen LogP contribution is 2.40. The van der Waals surface area contributed by atoms with Crippen molar-refractivity contribution in [2.45, 2.75) is 72.2 Å². The summed E-state index contributed by atoms with van der Waals surface area (Å²) in [5, 5.41) is 5.38. The number of alkyl halides is 3. The van der Waals surface area contributed by atoms with Gasteiger partial charge in [0.05, 0.1) is 42.1 Å². The van der Waals surface area contributed by atoms with Gasteiger partial charge in [-0.2, -0.15) is 8.78 Å². The Hall–Kier alpha value is -3.08. The molecule has 10 nitrogen and oxygen atoms in total. The minimum absolute atomic E-state index is 0.00667. The van der Waals surface area contributed by atoms with Crippen molar-refractivity contribution in [2.24, 2.45) is 11.3 Å². The predicted octanol–water partition coefficient (Wildman–Crippen LogP) is 5.63. The van der Waals surface area contributed by atoms with Gasteiger partial charge in [0, 0.05) is 40.4 Å². The van der Waals surface area contributed by atoms with E-state index in [-0.39, 0.29) is 34.8 Å². The number of esters is 1. The van der Waals surface area contributed by atoms with Gasteiger partial charge in [-0.1, -0.05) is 12.5 Å².